The molecule has 0 spiro atoms. The minimum atomic E-state index is -0.504. The molecule has 1 amide bonds. The van der Waals surface area contributed by atoms with Crippen molar-refractivity contribution in [2.24, 2.45) is 5.73 Å². The number of nitrogens with two attached hydrogens (primary N) is 1. The van der Waals surface area contributed by atoms with Gasteiger partial charge in [0, 0.05) is 12.8 Å². The van der Waals surface area contributed by atoms with Gasteiger partial charge in [0.05, 0.1) is 12.6 Å². The van der Waals surface area contributed by atoms with Crippen molar-refractivity contribution < 1.29 is 9.53 Å². The van der Waals surface area contributed by atoms with Gasteiger partial charge in [-0.25, -0.2) is 0 Å². The van der Waals surface area contributed by atoms with Crippen molar-refractivity contribution >= 4 is 24.0 Å². The van der Waals surface area contributed by atoms with Crippen molar-refractivity contribution in [3.63, 3.8) is 0 Å². The number of carbonyl (C=O) groups is 1. The van der Waals surface area contributed by atoms with Crippen LogP contribution in [0.2, 0.25) is 0 Å². The van der Waals surface area contributed by atoms with E-state index < -0.39 is 6.04 Å². The second-order valence-electron chi connectivity index (χ2n) is 3.41. The first kappa shape index (κ1) is 14.9. The lowest BCUT2D eigenvalue weighted by molar-refractivity contribution is -0.117. The molecule has 0 aromatic heterocycles. The largest absolute Gasteiger partial charge is 0.380 e. The molecule has 1 rings (SSSR count). The molecule has 0 aliphatic carbocycles. The molecule has 0 saturated carbocycles. The first-order valence-corrected chi connectivity index (χ1v) is 4.78. The fraction of sp³-hybridized carbons (Fsp3) is 0.364. The molecule has 0 radical (unpaired) electrons. The van der Waals surface area contributed by atoms with E-state index in [9.17, 15) is 4.79 Å². The molecule has 1 atom stereocenters. The smallest absolute Gasteiger partial charge is 0.240 e. The molecule has 1 aromatic rings. The quantitative estimate of drug-likeness (QED) is 0.845. The third kappa shape index (κ3) is 4.61. The third-order valence-electron chi connectivity index (χ3n) is 1.92. The monoisotopic (exact) mass is 244 g/mol. The van der Waals surface area contributed by atoms with Crippen molar-refractivity contribution in [2.45, 2.75) is 19.6 Å². The molecular weight excluding hydrogens is 228 g/mol. The Morgan fingerprint density at radius 1 is 1.56 bits per heavy atom. The van der Waals surface area contributed by atoms with E-state index in [0.29, 0.717) is 6.61 Å². The first-order valence-electron chi connectivity index (χ1n) is 4.78. The number of hydrogen-bond acceptors (Lipinski definition) is 3. The van der Waals surface area contributed by atoms with Crippen LogP contribution in [0.3, 0.4) is 0 Å². The Labute approximate surface area is 102 Å². The van der Waals surface area contributed by atoms with Crippen LogP contribution in [0.4, 0.5) is 5.69 Å². The van der Waals surface area contributed by atoms with E-state index in [0.717, 1.165) is 11.3 Å². The molecule has 0 heterocycles. The molecule has 4 nitrogen and oxygen atoms in total. The van der Waals surface area contributed by atoms with Crippen molar-refractivity contribution in [1.82, 2.24) is 0 Å². The Balaban J connectivity index is 0.00000225. The van der Waals surface area contributed by atoms with E-state index in [-0.39, 0.29) is 18.3 Å². The van der Waals surface area contributed by atoms with Gasteiger partial charge >= 0.3 is 0 Å². The summed E-state index contributed by atoms with van der Waals surface area (Å²) in [6, 6.07) is 6.98. The van der Waals surface area contributed by atoms with Gasteiger partial charge in [-0.2, -0.15) is 0 Å². The van der Waals surface area contributed by atoms with Gasteiger partial charge in [-0.3, -0.25) is 4.79 Å². The lowest BCUT2D eigenvalue weighted by Gasteiger charge is -2.08. The van der Waals surface area contributed by atoms with Gasteiger partial charge in [-0.05, 0) is 24.6 Å². The SMILES string of the molecule is COCc1cccc(NC(=O)C(C)N)c1.Cl. The summed E-state index contributed by atoms with van der Waals surface area (Å²) in [5, 5.41) is 2.72. The maximum absolute atomic E-state index is 11.3. The number of ether oxygens (including phenoxy) is 1. The third-order valence-corrected chi connectivity index (χ3v) is 1.92. The normalized spacial score (nSPS) is 11.4. The summed E-state index contributed by atoms with van der Waals surface area (Å²) in [7, 11) is 1.63. The summed E-state index contributed by atoms with van der Waals surface area (Å²) in [5.74, 6) is -0.190. The predicted molar refractivity (Wildman–Crippen MR) is 66.7 cm³/mol. The molecule has 0 fully saturated rings. The number of halogens is 1. The number of hydrogen-bond donors (Lipinski definition) is 2. The summed E-state index contributed by atoms with van der Waals surface area (Å²) >= 11 is 0. The Morgan fingerprint density at radius 3 is 2.81 bits per heavy atom. The van der Waals surface area contributed by atoms with Crippen molar-refractivity contribution in [3.8, 4) is 0 Å². The standard InChI is InChI=1S/C11H16N2O2.ClH/c1-8(12)11(14)13-10-5-3-4-9(6-10)7-15-2;/h3-6,8H,7,12H2,1-2H3,(H,13,14);1H. The Kier molecular flexibility index (Phi) is 6.72. The van der Waals surface area contributed by atoms with Gasteiger partial charge in [0.15, 0.2) is 0 Å². The van der Waals surface area contributed by atoms with Crippen LogP contribution in [0.15, 0.2) is 24.3 Å². The highest BCUT2D eigenvalue weighted by molar-refractivity contribution is 5.94. The average Bonchev–Trinajstić information content (AvgIpc) is 2.18. The lowest BCUT2D eigenvalue weighted by atomic mass is 10.2. The summed E-state index contributed by atoms with van der Waals surface area (Å²) in [6.45, 7) is 2.18. The van der Waals surface area contributed by atoms with E-state index in [1.807, 2.05) is 24.3 Å². The molecule has 0 bridgehead atoms. The molecule has 0 saturated heterocycles. The van der Waals surface area contributed by atoms with Crippen molar-refractivity contribution in [3.05, 3.63) is 29.8 Å². The second kappa shape index (κ2) is 7.22. The van der Waals surface area contributed by atoms with Gasteiger partial charge in [-0.15, -0.1) is 12.4 Å². The molecule has 0 aliphatic rings. The van der Waals surface area contributed by atoms with Crippen molar-refractivity contribution in [2.75, 3.05) is 12.4 Å². The van der Waals surface area contributed by atoms with E-state index in [2.05, 4.69) is 5.32 Å². The number of amides is 1. The zero-order chi connectivity index (χ0) is 11.3. The van der Waals surface area contributed by atoms with Crippen molar-refractivity contribution in [1.29, 1.82) is 0 Å². The zero-order valence-electron chi connectivity index (χ0n) is 9.40. The molecular formula is C11H17ClN2O2. The second-order valence-corrected chi connectivity index (χ2v) is 3.41. The minimum Gasteiger partial charge on any atom is -0.380 e. The number of nitrogens with one attached hydrogen (secondary N) is 1. The van der Waals surface area contributed by atoms with E-state index in [1.165, 1.54) is 0 Å². The fourth-order valence-electron chi connectivity index (χ4n) is 1.16. The number of benzene rings is 1. The topological polar surface area (TPSA) is 64.3 Å². The van der Waals surface area contributed by atoms with Gasteiger partial charge in [-0.1, -0.05) is 12.1 Å². The lowest BCUT2D eigenvalue weighted by Crippen LogP contribution is -2.32. The van der Waals surface area contributed by atoms with Crippen LogP contribution < -0.4 is 11.1 Å². The zero-order valence-corrected chi connectivity index (χ0v) is 10.2. The summed E-state index contributed by atoms with van der Waals surface area (Å²) in [6.07, 6.45) is 0. The highest BCUT2D eigenvalue weighted by Crippen LogP contribution is 2.11. The maximum Gasteiger partial charge on any atom is 0.240 e. The molecule has 90 valence electrons. The Hall–Kier alpha value is -1.10. The summed E-state index contributed by atoms with van der Waals surface area (Å²) in [5.41, 5.74) is 7.20. The van der Waals surface area contributed by atoms with E-state index >= 15 is 0 Å². The number of methoxy groups -OCH3 is 1. The molecule has 0 aliphatic heterocycles. The van der Waals surface area contributed by atoms with Crippen LogP contribution in [0.25, 0.3) is 0 Å². The van der Waals surface area contributed by atoms with Gasteiger partial charge in [0.25, 0.3) is 0 Å². The Bertz CT molecular complexity index is 343. The fourth-order valence-corrected chi connectivity index (χ4v) is 1.16. The highest BCUT2D eigenvalue weighted by Gasteiger charge is 2.07. The molecule has 3 N–H and O–H groups in total. The molecule has 16 heavy (non-hydrogen) atoms. The highest BCUT2D eigenvalue weighted by atomic mass is 35.5. The van der Waals surface area contributed by atoms with Gasteiger partial charge < -0.3 is 15.8 Å². The predicted octanol–water partition coefficient (Wildman–Crippen LogP) is 1.54. The molecule has 1 unspecified atom stereocenters. The van der Waals surface area contributed by atoms with Crippen LogP contribution in [0.5, 0.6) is 0 Å². The average molecular weight is 245 g/mol. The summed E-state index contributed by atoms with van der Waals surface area (Å²) < 4.78 is 5.00. The van der Waals surface area contributed by atoms with Gasteiger partial charge in [0.2, 0.25) is 5.91 Å². The molecule has 5 heteroatoms. The molecule has 1 aromatic carbocycles. The number of anilines is 1. The minimum absolute atomic E-state index is 0. The van der Waals surface area contributed by atoms with Crippen LogP contribution in [-0.4, -0.2) is 19.1 Å². The van der Waals surface area contributed by atoms with Crippen LogP contribution in [0, 0.1) is 0 Å². The first-order chi connectivity index (χ1) is 7.13. The van der Waals surface area contributed by atoms with Gasteiger partial charge in [0.1, 0.15) is 0 Å². The van der Waals surface area contributed by atoms with E-state index in [1.54, 1.807) is 14.0 Å². The van der Waals surface area contributed by atoms with Crippen LogP contribution >= 0.6 is 12.4 Å². The maximum atomic E-state index is 11.3. The van der Waals surface area contributed by atoms with E-state index in [4.69, 9.17) is 10.5 Å². The summed E-state index contributed by atoms with van der Waals surface area (Å²) in [4.78, 5) is 11.3. The van der Waals surface area contributed by atoms with Crippen LogP contribution in [-0.2, 0) is 16.1 Å². The number of rotatable bonds is 4. The number of carbonyl (C=O) groups excluding carboxylic acids is 1. The Morgan fingerprint density at radius 2 is 2.25 bits per heavy atom. The van der Waals surface area contributed by atoms with Crippen LogP contribution in [0.1, 0.15) is 12.5 Å².